The van der Waals surface area contributed by atoms with Gasteiger partial charge in [-0.05, 0) is 18.3 Å². The Labute approximate surface area is 68.6 Å². The molecule has 64 valence electrons. The van der Waals surface area contributed by atoms with Crippen molar-refractivity contribution in [3.8, 4) is 0 Å². The summed E-state index contributed by atoms with van der Waals surface area (Å²) < 4.78 is 0. The van der Waals surface area contributed by atoms with E-state index in [1.807, 2.05) is 4.90 Å². The van der Waals surface area contributed by atoms with Crippen LogP contribution in [0, 0.1) is 11.8 Å². The number of carbonyl (C=O) groups is 1. The van der Waals surface area contributed by atoms with Gasteiger partial charge in [-0.3, -0.25) is 4.79 Å². The molecule has 1 rings (SSSR count). The van der Waals surface area contributed by atoms with E-state index in [0.717, 1.165) is 31.3 Å². The molecule has 0 aromatic carbocycles. The van der Waals surface area contributed by atoms with Crippen molar-refractivity contribution in [3.63, 3.8) is 0 Å². The molecular weight excluding hydrogens is 138 g/mol. The van der Waals surface area contributed by atoms with Crippen LogP contribution in [0.25, 0.3) is 0 Å². The molecule has 1 aliphatic heterocycles. The number of hydrogen-bond donors (Lipinski definition) is 0. The van der Waals surface area contributed by atoms with Gasteiger partial charge < -0.3 is 4.90 Å². The lowest BCUT2D eigenvalue weighted by Crippen LogP contribution is -2.20. The van der Waals surface area contributed by atoms with Crippen LogP contribution in [0.4, 0.5) is 0 Å². The maximum atomic E-state index is 10.4. The highest BCUT2D eigenvalue weighted by Crippen LogP contribution is 2.24. The number of nitrogens with zero attached hydrogens (tertiary/aromatic N) is 1. The molecule has 0 radical (unpaired) electrons. The average Bonchev–Trinajstić information content (AvgIpc) is 2.50. The second kappa shape index (κ2) is 3.74. The summed E-state index contributed by atoms with van der Waals surface area (Å²) in [6.07, 6.45) is 3.41. The monoisotopic (exact) mass is 155 g/mol. The summed E-state index contributed by atoms with van der Waals surface area (Å²) in [6, 6.07) is 0. The van der Waals surface area contributed by atoms with Gasteiger partial charge in [0.1, 0.15) is 0 Å². The van der Waals surface area contributed by atoms with E-state index in [9.17, 15) is 4.79 Å². The number of likely N-dealkylation sites (tertiary alicyclic amines) is 1. The Balaban J connectivity index is 2.34. The van der Waals surface area contributed by atoms with E-state index in [-0.39, 0.29) is 0 Å². The summed E-state index contributed by atoms with van der Waals surface area (Å²) in [6.45, 7) is 6.45. The molecular formula is C9H17NO. The molecule has 1 saturated heterocycles. The van der Waals surface area contributed by atoms with Gasteiger partial charge in [-0.25, -0.2) is 0 Å². The first-order valence-electron chi connectivity index (χ1n) is 4.47. The number of amides is 1. The van der Waals surface area contributed by atoms with Gasteiger partial charge in [-0.2, -0.15) is 0 Å². The molecule has 11 heavy (non-hydrogen) atoms. The second-order valence-corrected chi connectivity index (χ2v) is 3.53. The minimum Gasteiger partial charge on any atom is -0.345 e. The van der Waals surface area contributed by atoms with E-state index in [1.54, 1.807) is 0 Å². The Hall–Kier alpha value is -0.530. The predicted octanol–water partition coefficient (Wildman–Crippen LogP) is 1.51. The molecule has 1 heterocycles. The first-order valence-corrected chi connectivity index (χ1v) is 4.47. The molecule has 0 saturated carbocycles. The minimum atomic E-state index is 0.755. The summed E-state index contributed by atoms with van der Waals surface area (Å²) in [5, 5.41) is 0. The zero-order valence-corrected chi connectivity index (χ0v) is 7.42. The molecule has 0 spiro atoms. The van der Waals surface area contributed by atoms with Gasteiger partial charge in [0.05, 0.1) is 0 Å². The van der Waals surface area contributed by atoms with Crippen LogP contribution in [0.1, 0.15) is 26.7 Å². The van der Waals surface area contributed by atoms with Crippen molar-refractivity contribution in [1.82, 2.24) is 4.90 Å². The lowest BCUT2D eigenvalue weighted by molar-refractivity contribution is -0.117. The zero-order valence-electron chi connectivity index (χ0n) is 7.42. The van der Waals surface area contributed by atoms with Crippen LogP contribution in [-0.4, -0.2) is 24.4 Å². The summed E-state index contributed by atoms with van der Waals surface area (Å²) in [4.78, 5) is 12.3. The van der Waals surface area contributed by atoms with E-state index in [2.05, 4.69) is 13.8 Å². The summed E-state index contributed by atoms with van der Waals surface area (Å²) in [7, 11) is 0. The topological polar surface area (TPSA) is 20.3 Å². The summed E-state index contributed by atoms with van der Waals surface area (Å²) in [5.74, 6) is 1.53. The van der Waals surface area contributed by atoms with Crippen molar-refractivity contribution in [3.05, 3.63) is 0 Å². The van der Waals surface area contributed by atoms with Gasteiger partial charge in [0.15, 0.2) is 0 Å². The lowest BCUT2D eigenvalue weighted by atomic mass is 9.91. The maximum Gasteiger partial charge on any atom is 0.209 e. The highest BCUT2D eigenvalue weighted by atomic mass is 16.1. The number of hydrogen-bond acceptors (Lipinski definition) is 1. The smallest absolute Gasteiger partial charge is 0.209 e. The quantitative estimate of drug-likeness (QED) is 0.566. The molecule has 2 unspecified atom stereocenters. The molecule has 1 amide bonds. The van der Waals surface area contributed by atoms with Crippen molar-refractivity contribution < 1.29 is 4.79 Å². The van der Waals surface area contributed by atoms with Crippen LogP contribution in [0.5, 0.6) is 0 Å². The van der Waals surface area contributed by atoms with Crippen molar-refractivity contribution in [2.75, 3.05) is 13.1 Å². The van der Waals surface area contributed by atoms with Crippen molar-refractivity contribution in [2.24, 2.45) is 11.8 Å². The van der Waals surface area contributed by atoms with E-state index in [0.29, 0.717) is 0 Å². The van der Waals surface area contributed by atoms with E-state index < -0.39 is 0 Å². The van der Waals surface area contributed by atoms with Gasteiger partial charge in [0, 0.05) is 13.1 Å². The van der Waals surface area contributed by atoms with Gasteiger partial charge in [-0.15, -0.1) is 0 Å². The highest BCUT2D eigenvalue weighted by molar-refractivity contribution is 5.47. The molecule has 1 fully saturated rings. The first kappa shape index (κ1) is 8.57. The molecule has 0 aromatic rings. The Morgan fingerprint density at radius 2 is 2.45 bits per heavy atom. The third kappa shape index (κ3) is 1.95. The molecule has 1 aliphatic rings. The third-order valence-electron chi connectivity index (χ3n) is 2.85. The van der Waals surface area contributed by atoms with Crippen LogP contribution in [0.3, 0.4) is 0 Å². The minimum absolute atomic E-state index is 0.755. The van der Waals surface area contributed by atoms with E-state index in [4.69, 9.17) is 0 Å². The molecule has 0 N–H and O–H groups in total. The van der Waals surface area contributed by atoms with Crippen LogP contribution in [0.2, 0.25) is 0 Å². The Kier molecular flexibility index (Phi) is 2.92. The van der Waals surface area contributed by atoms with E-state index >= 15 is 0 Å². The molecule has 0 aliphatic carbocycles. The van der Waals surface area contributed by atoms with Crippen molar-refractivity contribution in [1.29, 1.82) is 0 Å². The molecule has 2 heteroatoms. The van der Waals surface area contributed by atoms with Crippen LogP contribution < -0.4 is 0 Å². The van der Waals surface area contributed by atoms with Gasteiger partial charge in [0.25, 0.3) is 0 Å². The zero-order chi connectivity index (χ0) is 8.27. The lowest BCUT2D eigenvalue weighted by Gasteiger charge is -2.16. The number of carbonyl (C=O) groups excluding carboxylic acids is 1. The second-order valence-electron chi connectivity index (χ2n) is 3.53. The largest absolute Gasteiger partial charge is 0.345 e. The molecule has 0 aromatic heterocycles. The predicted molar refractivity (Wildman–Crippen MR) is 45.2 cm³/mol. The van der Waals surface area contributed by atoms with Gasteiger partial charge in [-0.1, -0.05) is 20.3 Å². The van der Waals surface area contributed by atoms with Crippen LogP contribution >= 0.6 is 0 Å². The van der Waals surface area contributed by atoms with Crippen molar-refractivity contribution >= 4 is 6.41 Å². The Bertz CT molecular complexity index is 136. The van der Waals surface area contributed by atoms with Crippen LogP contribution in [-0.2, 0) is 4.79 Å². The normalized spacial score (nSPS) is 27.1. The average molecular weight is 155 g/mol. The van der Waals surface area contributed by atoms with Gasteiger partial charge in [0.2, 0.25) is 6.41 Å². The molecule has 2 nitrogen and oxygen atoms in total. The summed E-state index contributed by atoms with van der Waals surface area (Å²) >= 11 is 0. The first-order chi connectivity index (χ1) is 5.27. The highest BCUT2D eigenvalue weighted by Gasteiger charge is 2.24. The SMILES string of the molecule is CCC(C)C1CCN(C=O)C1. The summed E-state index contributed by atoms with van der Waals surface area (Å²) in [5.41, 5.74) is 0. The van der Waals surface area contributed by atoms with Crippen LogP contribution in [0.15, 0.2) is 0 Å². The van der Waals surface area contributed by atoms with Crippen molar-refractivity contribution in [2.45, 2.75) is 26.7 Å². The molecule has 0 bridgehead atoms. The number of rotatable bonds is 3. The standard InChI is InChI=1S/C9H17NO/c1-3-8(2)9-4-5-10(6-9)7-11/h7-9H,3-6H2,1-2H3. The fourth-order valence-electron chi connectivity index (χ4n) is 1.71. The fraction of sp³-hybridized carbons (Fsp3) is 0.889. The Morgan fingerprint density at radius 3 is 2.91 bits per heavy atom. The van der Waals surface area contributed by atoms with Gasteiger partial charge >= 0.3 is 0 Å². The van der Waals surface area contributed by atoms with E-state index in [1.165, 1.54) is 12.8 Å². The maximum absolute atomic E-state index is 10.4. The molecule has 2 atom stereocenters. The fourth-order valence-corrected chi connectivity index (χ4v) is 1.71. The third-order valence-corrected chi connectivity index (χ3v) is 2.85. The Morgan fingerprint density at radius 1 is 1.73 bits per heavy atom.